The van der Waals surface area contributed by atoms with Gasteiger partial charge in [0.1, 0.15) is 6.42 Å². The van der Waals surface area contributed by atoms with Crippen LogP contribution in [0.1, 0.15) is 34.5 Å². The molecule has 35 heavy (non-hydrogen) atoms. The molecule has 8 nitrogen and oxygen atoms in total. The minimum absolute atomic E-state index is 0.300. The molecule has 3 rings (SSSR count). The van der Waals surface area contributed by atoms with Crippen molar-refractivity contribution in [1.29, 1.82) is 0 Å². The largest absolute Gasteiger partial charge is 0.493 e. The Kier molecular flexibility index (Phi) is 8.67. The second-order valence-electron chi connectivity index (χ2n) is 8.26. The third kappa shape index (κ3) is 6.72. The summed E-state index contributed by atoms with van der Waals surface area (Å²) < 4.78 is 12.6. The number of methoxy groups -OCH3 is 2. The van der Waals surface area contributed by atoms with Crippen LogP contribution in [0.25, 0.3) is 5.69 Å². The number of ether oxygens (including phenoxy) is 2. The topological polar surface area (TPSA) is 94.0 Å². The van der Waals surface area contributed by atoms with Gasteiger partial charge in [-0.2, -0.15) is 5.10 Å². The Bertz CT molecular complexity index is 1210. The minimum Gasteiger partial charge on any atom is -0.493 e. The van der Waals surface area contributed by atoms with E-state index in [2.05, 4.69) is 51.6 Å². The summed E-state index contributed by atoms with van der Waals surface area (Å²) in [7, 11) is 3.16. The quantitative estimate of drug-likeness (QED) is 0.266. The van der Waals surface area contributed by atoms with Crippen molar-refractivity contribution in [2.45, 2.75) is 33.6 Å². The molecule has 0 saturated heterocycles. The maximum absolute atomic E-state index is 12.1. The number of hydrazone groups is 1. The molecular weight excluding hydrogens is 444 g/mol. The molecule has 0 aliphatic heterocycles. The van der Waals surface area contributed by atoms with Crippen molar-refractivity contribution in [3.8, 4) is 17.2 Å². The van der Waals surface area contributed by atoms with Gasteiger partial charge in [0.2, 0.25) is 11.8 Å². The second kappa shape index (κ2) is 11.9. The predicted octanol–water partition coefficient (Wildman–Crippen LogP) is 3.62. The van der Waals surface area contributed by atoms with Gasteiger partial charge in [-0.1, -0.05) is 23.8 Å². The SMILES string of the molecule is COc1ccc(CCNC(=O)CC(=O)N/N=C/c2cc(C)n(-c3ccc(C)cc3)c2C)cc1OC. The zero-order valence-electron chi connectivity index (χ0n) is 20.8. The molecule has 2 N–H and O–H groups in total. The number of aryl methyl sites for hydroxylation is 2. The molecule has 0 bridgehead atoms. The number of carbonyl (C=O) groups is 2. The van der Waals surface area contributed by atoms with E-state index >= 15 is 0 Å². The average molecular weight is 477 g/mol. The fraction of sp³-hybridized carbons (Fsp3) is 0.296. The number of benzene rings is 2. The van der Waals surface area contributed by atoms with Gasteiger partial charge in [0, 0.05) is 29.2 Å². The summed E-state index contributed by atoms with van der Waals surface area (Å²) in [5.74, 6) is 0.440. The van der Waals surface area contributed by atoms with Gasteiger partial charge in [-0.05, 0) is 63.1 Å². The fourth-order valence-electron chi connectivity index (χ4n) is 3.81. The Morgan fingerprint density at radius 1 is 0.943 bits per heavy atom. The smallest absolute Gasteiger partial charge is 0.249 e. The lowest BCUT2D eigenvalue weighted by Crippen LogP contribution is -2.31. The summed E-state index contributed by atoms with van der Waals surface area (Å²) >= 11 is 0. The van der Waals surface area contributed by atoms with Gasteiger partial charge in [0.15, 0.2) is 11.5 Å². The summed E-state index contributed by atoms with van der Waals surface area (Å²) in [6, 6.07) is 15.9. The summed E-state index contributed by atoms with van der Waals surface area (Å²) in [4.78, 5) is 24.2. The molecule has 0 aliphatic carbocycles. The first-order valence-electron chi connectivity index (χ1n) is 11.4. The van der Waals surface area contributed by atoms with E-state index in [-0.39, 0.29) is 12.3 Å². The number of hydrogen-bond donors (Lipinski definition) is 2. The lowest BCUT2D eigenvalue weighted by Gasteiger charge is -2.10. The first-order chi connectivity index (χ1) is 16.8. The highest BCUT2D eigenvalue weighted by molar-refractivity contribution is 5.97. The van der Waals surface area contributed by atoms with E-state index < -0.39 is 5.91 Å². The number of aromatic nitrogens is 1. The normalized spacial score (nSPS) is 10.9. The number of hydrogen-bond acceptors (Lipinski definition) is 5. The highest BCUT2D eigenvalue weighted by Crippen LogP contribution is 2.27. The molecule has 1 aromatic heterocycles. The highest BCUT2D eigenvalue weighted by atomic mass is 16.5. The van der Waals surface area contributed by atoms with Gasteiger partial charge in [-0.25, -0.2) is 5.43 Å². The van der Waals surface area contributed by atoms with Crippen LogP contribution >= 0.6 is 0 Å². The molecule has 0 saturated carbocycles. The van der Waals surface area contributed by atoms with Gasteiger partial charge >= 0.3 is 0 Å². The minimum atomic E-state index is -0.475. The van der Waals surface area contributed by atoms with Crippen molar-refractivity contribution in [3.05, 3.63) is 76.6 Å². The van der Waals surface area contributed by atoms with Crippen LogP contribution in [-0.4, -0.2) is 43.4 Å². The lowest BCUT2D eigenvalue weighted by atomic mass is 10.1. The van der Waals surface area contributed by atoms with Crippen LogP contribution in [0.4, 0.5) is 0 Å². The lowest BCUT2D eigenvalue weighted by molar-refractivity contribution is -0.129. The molecule has 2 aromatic carbocycles. The maximum Gasteiger partial charge on any atom is 0.249 e. The zero-order chi connectivity index (χ0) is 25.4. The standard InChI is InChI=1S/C27H32N4O4/c1-18-6-9-23(10-7-18)31-19(2)14-22(20(31)3)17-29-30-27(33)16-26(32)28-13-12-21-8-11-24(34-4)25(15-21)35-5/h6-11,14-15,17H,12-13,16H2,1-5H3,(H,28,32)(H,30,33)/b29-17+. The van der Waals surface area contributed by atoms with E-state index in [0.29, 0.717) is 24.5 Å². The Labute approximate surface area is 205 Å². The zero-order valence-corrected chi connectivity index (χ0v) is 20.8. The van der Waals surface area contributed by atoms with Crippen molar-refractivity contribution in [2.24, 2.45) is 5.10 Å². The molecule has 0 spiro atoms. The number of carbonyl (C=O) groups excluding carboxylic acids is 2. The fourth-order valence-corrected chi connectivity index (χ4v) is 3.81. The highest BCUT2D eigenvalue weighted by Gasteiger charge is 2.11. The van der Waals surface area contributed by atoms with Crippen molar-refractivity contribution >= 4 is 18.0 Å². The van der Waals surface area contributed by atoms with Gasteiger partial charge in [-0.15, -0.1) is 0 Å². The number of nitrogens with one attached hydrogen (secondary N) is 2. The molecule has 0 fully saturated rings. The van der Waals surface area contributed by atoms with Crippen LogP contribution in [0.5, 0.6) is 11.5 Å². The molecule has 3 aromatic rings. The summed E-state index contributed by atoms with van der Waals surface area (Å²) in [6.07, 6.45) is 1.90. The van der Waals surface area contributed by atoms with E-state index in [9.17, 15) is 9.59 Å². The Morgan fingerprint density at radius 3 is 2.34 bits per heavy atom. The van der Waals surface area contributed by atoms with Gasteiger partial charge in [0.05, 0.1) is 20.4 Å². The molecular formula is C27H32N4O4. The van der Waals surface area contributed by atoms with Crippen molar-refractivity contribution < 1.29 is 19.1 Å². The first kappa shape index (κ1) is 25.6. The van der Waals surface area contributed by atoms with Crippen molar-refractivity contribution in [2.75, 3.05) is 20.8 Å². The van der Waals surface area contributed by atoms with E-state index in [1.165, 1.54) is 5.56 Å². The maximum atomic E-state index is 12.1. The monoisotopic (exact) mass is 476 g/mol. The molecule has 2 amide bonds. The molecule has 0 aliphatic rings. The third-order valence-corrected chi connectivity index (χ3v) is 5.66. The Hall–Kier alpha value is -4.07. The van der Waals surface area contributed by atoms with Crippen LogP contribution in [0.3, 0.4) is 0 Å². The van der Waals surface area contributed by atoms with E-state index in [0.717, 1.165) is 28.2 Å². The van der Waals surface area contributed by atoms with E-state index in [1.807, 2.05) is 38.1 Å². The van der Waals surface area contributed by atoms with Crippen molar-refractivity contribution in [1.82, 2.24) is 15.3 Å². The van der Waals surface area contributed by atoms with Gasteiger partial charge < -0.3 is 19.4 Å². The second-order valence-corrected chi connectivity index (χ2v) is 8.26. The number of nitrogens with zero attached hydrogens (tertiary/aromatic N) is 2. The third-order valence-electron chi connectivity index (χ3n) is 5.66. The first-order valence-corrected chi connectivity index (χ1v) is 11.4. The van der Waals surface area contributed by atoms with Crippen LogP contribution in [0.2, 0.25) is 0 Å². The molecule has 184 valence electrons. The van der Waals surface area contributed by atoms with Crippen LogP contribution < -0.4 is 20.2 Å². The molecule has 8 heteroatoms. The Balaban J connectivity index is 1.48. The number of rotatable bonds is 10. The van der Waals surface area contributed by atoms with E-state index in [4.69, 9.17) is 9.47 Å². The summed E-state index contributed by atoms with van der Waals surface area (Å²) in [6.45, 7) is 6.48. The average Bonchev–Trinajstić information content (AvgIpc) is 3.12. The molecule has 1 heterocycles. The summed E-state index contributed by atoms with van der Waals surface area (Å²) in [5, 5.41) is 6.79. The Morgan fingerprint density at radius 2 is 1.66 bits per heavy atom. The summed E-state index contributed by atoms with van der Waals surface area (Å²) in [5.41, 5.74) is 8.65. The van der Waals surface area contributed by atoms with Gasteiger partial charge in [-0.3, -0.25) is 9.59 Å². The number of amides is 2. The van der Waals surface area contributed by atoms with Crippen LogP contribution in [0, 0.1) is 20.8 Å². The molecule has 0 atom stereocenters. The van der Waals surface area contributed by atoms with Crippen LogP contribution in [-0.2, 0) is 16.0 Å². The predicted molar refractivity (Wildman–Crippen MR) is 137 cm³/mol. The van der Waals surface area contributed by atoms with Crippen molar-refractivity contribution in [3.63, 3.8) is 0 Å². The molecule has 0 unspecified atom stereocenters. The van der Waals surface area contributed by atoms with Gasteiger partial charge in [0.25, 0.3) is 0 Å². The van der Waals surface area contributed by atoms with Crippen LogP contribution in [0.15, 0.2) is 53.6 Å². The van der Waals surface area contributed by atoms with E-state index in [1.54, 1.807) is 20.4 Å². The molecule has 0 radical (unpaired) electrons.